The van der Waals surface area contributed by atoms with E-state index < -0.39 is 5.82 Å². The van der Waals surface area contributed by atoms with Crippen molar-refractivity contribution in [3.8, 4) is 0 Å². The van der Waals surface area contributed by atoms with Gasteiger partial charge >= 0.3 is 0 Å². The fourth-order valence-electron chi connectivity index (χ4n) is 1.69. The molecule has 2 aromatic rings. The van der Waals surface area contributed by atoms with Crippen LogP contribution in [-0.4, -0.2) is 15.5 Å². The zero-order chi connectivity index (χ0) is 14.9. The van der Waals surface area contributed by atoms with Gasteiger partial charge in [0.2, 0.25) is 0 Å². The van der Waals surface area contributed by atoms with Crippen molar-refractivity contribution in [3.63, 3.8) is 0 Å². The second kappa shape index (κ2) is 5.97. The van der Waals surface area contributed by atoms with E-state index in [-0.39, 0.29) is 11.8 Å². The third-order valence-corrected chi connectivity index (χ3v) is 4.13. The molecule has 4 nitrogen and oxygen atoms in total. The van der Waals surface area contributed by atoms with Crippen molar-refractivity contribution in [1.82, 2.24) is 9.59 Å². The normalized spacial score (nSPS) is 10.9. The zero-order valence-electron chi connectivity index (χ0n) is 11.2. The third-order valence-electron chi connectivity index (χ3n) is 2.78. The molecule has 1 aromatic heterocycles. The molecule has 0 aliphatic heterocycles. The number of rotatable bonds is 3. The van der Waals surface area contributed by atoms with Crippen molar-refractivity contribution < 1.29 is 9.18 Å². The maximum atomic E-state index is 13.5. The van der Waals surface area contributed by atoms with E-state index in [0.717, 1.165) is 17.1 Å². The maximum Gasteiger partial charge on any atom is 0.269 e. The van der Waals surface area contributed by atoms with Crippen LogP contribution in [0.15, 0.2) is 16.6 Å². The summed E-state index contributed by atoms with van der Waals surface area (Å²) >= 11 is 4.15. The summed E-state index contributed by atoms with van der Waals surface area (Å²) in [6.45, 7) is 5.68. The van der Waals surface area contributed by atoms with Crippen molar-refractivity contribution in [1.29, 1.82) is 0 Å². The number of halogens is 2. The number of nitrogens with one attached hydrogen (secondary N) is 1. The highest BCUT2D eigenvalue weighted by Gasteiger charge is 2.19. The topological polar surface area (TPSA) is 54.9 Å². The third kappa shape index (κ3) is 3.04. The van der Waals surface area contributed by atoms with Gasteiger partial charge in [-0.1, -0.05) is 18.3 Å². The van der Waals surface area contributed by atoms with Gasteiger partial charge in [0.1, 0.15) is 10.7 Å². The molecule has 20 heavy (non-hydrogen) atoms. The molecule has 1 heterocycles. The van der Waals surface area contributed by atoms with Crippen LogP contribution in [0.25, 0.3) is 0 Å². The predicted molar refractivity (Wildman–Crippen MR) is 80.8 cm³/mol. The average Bonchev–Trinajstić information content (AvgIpc) is 2.85. The number of carbonyl (C=O) groups is 1. The van der Waals surface area contributed by atoms with E-state index in [0.29, 0.717) is 20.7 Å². The molecule has 0 saturated carbocycles. The monoisotopic (exact) mass is 357 g/mol. The van der Waals surface area contributed by atoms with E-state index >= 15 is 0 Å². The van der Waals surface area contributed by atoms with Gasteiger partial charge in [-0.25, -0.2) is 4.39 Å². The Bertz CT molecular complexity index is 657. The Morgan fingerprint density at radius 2 is 2.15 bits per heavy atom. The first kappa shape index (κ1) is 15.1. The van der Waals surface area contributed by atoms with Crippen LogP contribution in [0.4, 0.5) is 10.1 Å². The highest BCUT2D eigenvalue weighted by atomic mass is 79.9. The molecule has 0 saturated heterocycles. The summed E-state index contributed by atoms with van der Waals surface area (Å²) in [5.41, 5.74) is 1.87. The summed E-state index contributed by atoms with van der Waals surface area (Å²) in [4.78, 5) is 12.7. The maximum absolute atomic E-state index is 13.5. The minimum Gasteiger partial charge on any atom is -0.321 e. The quantitative estimate of drug-likeness (QED) is 0.898. The number of benzene rings is 1. The number of aryl methyl sites for hydroxylation is 1. The summed E-state index contributed by atoms with van der Waals surface area (Å²) in [5, 5.41) is 6.67. The van der Waals surface area contributed by atoms with Crippen LogP contribution < -0.4 is 5.32 Å². The molecule has 106 valence electrons. The van der Waals surface area contributed by atoms with Crippen LogP contribution in [-0.2, 0) is 0 Å². The van der Waals surface area contributed by atoms with Gasteiger partial charge in [0.15, 0.2) is 0 Å². The number of anilines is 1. The summed E-state index contributed by atoms with van der Waals surface area (Å²) < 4.78 is 17.7. The number of amides is 1. The number of aromatic nitrogens is 2. The number of carbonyl (C=O) groups excluding carboxylic acids is 1. The zero-order valence-corrected chi connectivity index (χ0v) is 13.6. The van der Waals surface area contributed by atoms with Crippen LogP contribution in [0, 0.1) is 12.7 Å². The lowest BCUT2D eigenvalue weighted by molar-refractivity contribution is 0.102. The van der Waals surface area contributed by atoms with E-state index in [4.69, 9.17) is 0 Å². The number of hydrogen-bond donors (Lipinski definition) is 1. The lowest BCUT2D eigenvalue weighted by Gasteiger charge is -2.09. The number of nitrogens with zero attached hydrogens (tertiary/aromatic N) is 2. The first-order valence-corrected chi connectivity index (χ1v) is 7.56. The van der Waals surface area contributed by atoms with Gasteiger partial charge in [0, 0.05) is 5.69 Å². The molecule has 7 heteroatoms. The van der Waals surface area contributed by atoms with Crippen molar-refractivity contribution in [2.75, 3.05) is 5.32 Å². The molecule has 0 unspecified atom stereocenters. The van der Waals surface area contributed by atoms with Crippen molar-refractivity contribution in [3.05, 3.63) is 38.6 Å². The summed E-state index contributed by atoms with van der Waals surface area (Å²) in [6.07, 6.45) is 0. The van der Waals surface area contributed by atoms with E-state index in [1.54, 1.807) is 13.0 Å². The Morgan fingerprint density at radius 3 is 2.80 bits per heavy atom. The largest absolute Gasteiger partial charge is 0.321 e. The van der Waals surface area contributed by atoms with Crippen LogP contribution in [0.3, 0.4) is 0 Å². The Balaban J connectivity index is 2.28. The van der Waals surface area contributed by atoms with Gasteiger partial charge in [0.05, 0.1) is 10.2 Å². The molecule has 0 spiro atoms. The SMILES string of the molecule is Cc1cc(Br)c(F)cc1NC(=O)c1snnc1C(C)C. The van der Waals surface area contributed by atoms with Gasteiger partial charge in [-0.2, -0.15) is 0 Å². The Labute approximate surface area is 128 Å². The fourth-order valence-corrected chi connectivity index (χ4v) is 2.87. The predicted octanol–water partition coefficient (Wildman–Crippen LogP) is 4.12. The fraction of sp³-hybridized carbons (Fsp3) is 0.308. The van der Waals surface area contributed by atoms with Gasteiger partial charge in [-0.3, -0.25) is 4.79 Å². The Kier molecular flexibility index (Phi) is 4.49. The van der Waals surface area contributed by atoms with Crippen molar-refractivity contribution >= 4 is 39.1 Å². The summed E-state index contributed by atoms with van der Waals surface area (Å²) in [5.74, 6) is -0.622. The standard InChI is InChI=1S/C13H13BrFN3OS/c1-6(2)11-12(20-18-17-11)13(19)16-10-5-9(15)8(14)4-7(10)3/h4-6H,1-3H3,(H,16,19). The van der Waals surface area contributed by atoms with Gasteiger partial charge in [-0.05, 0) is 58.0 Å². The molecule has 1 N–H and O–H groups in total. The van der Waals surface area contributed by atoms with Gasteiger partial charge in [0.25, 0.3) is 5.91 Å². The average molecular weight is 358 g/mol. The molecule has 1 amide bonds. The molecule has 0 aliphatic rings. The van der Waals surface area contributed by atoms with Crippen LogP contribution in [0.1, 0.15) is 40.7 Å². The minimum absolute atomic E-state index is 0.109. The highest BCUT2D eigenvalue weighted by Crippen LogP contribution is 2.26. The van der Waals surface area contributed by atoms with Crippen LogP contribution in [0.2, 0.25) is 0 Å². The van der Waals surface area contributed by atoms with E-state index in [1.165, 1.54) is 6.07 Å². The molecular weight excluding hydrogens is 345 g/mol. The van der Waals surface area contributed by atoms with E-state index in [9.17, 15) is 9.18 Å². The second-order valence-corrected chi connectivity index (χ2v) is 6.29. The van der Waals surface area contributed by atoms with Crippen LogP contribution in [0.5, 0.6) is 0 Å². The smallest absolute Gasteiger partial charge is 0.269 e. The van der Waals surface area contributed by atoms with Gasteiger partial charge in [-0.15, -0.1) is 5.10 Å². The summed E-state index contributed by atoms with van der Waals surface area (Å²) in [7, 11) is 0. The van der Waals surface area contributed by atoms with Gasteiger partial charge < -0.3 is 5.32 Å². The minimum atomic E-state index is -0.419. The molecular formula is C13H13BrFN3OS. The van der Waals surface area contributed by atoms with Crippen LogP contribution >= 0.6 is 27.5 Å². The molecule has 0 bridgehead atoms. The number of hydrogen-bond acceptors (Lipinski definition) is 4. The molecule has 0 fully saturated rings. The first-order chi connectivity index (χ1) is 9.40. The molecule has 2 rings (SSSR count). The summed E-state index contributed by atoms with van der Waals surface area (Å²) in [6, 6.07) is 2.92. The molecule has 0 radical (unpaired) electrons. The lowest BCUT2D eigenvalue weighted by atomic mass is 10.1. The van der Waals surface area contributed by atoms with E-state index in [1.807, 2.05) is 13.8 Å². The lowest BCUT2D eigenvalue weighted by Crippen LogP contribution is -2.14. The second-order valence-electron chi connectivity index (χ2n) is 4.68. The molecule has 0 atom stereocenters. The first-order valence-electron chi connectivity index (χ1n) is 5.99. The molecule has 1 aromatic carbocycles. The molecule has 0 aliphatic carbocycles. The van der Waals surface area contributed by atoms with E-state index in [2.05, 4.69) is 30.8 Å². The Morgan fingerprint density at radius 1 is 1.45 bits per heavy atom. The Hall–Kier alpha value is -1.34. The van der Waals surface area contributed by atoms with Crippen molar-refractivity contribution in [2.24, 2.45) is 0 Å². The highest BCUT2D eigenvalue weighted by molar-refractivity contribution is 9.10. The van der Waals surface area contributed by atoms with Crippen molar-refractivity contribution in [2.45, 2.75) is 26.7 Å².